The Balaban J connectivity index is 1.27. The molecule has 1 N–H and O–H groups in total. The number of carbonyl (C=O) groups is 2. The van der Waals surface area contributed by atoms with Gasteiger partial charge in [0.2, 0.25) is 5.91 Å². The number of benzene rings is 1. The number of rotatable bonds is 2. The summed E-state index contributed by atoms with van der Waals surface area (Å²) in [6.07, 6.45) is 6.63. The SMILES string of the molecule is O=C1CC(C(=O)N2CCC(c3nc4ccc(F)cc4[nH]3)CC2)C2(CCCCC2)O1. The Bertz CT molecular complexity index is 942. The standard InChI is InChI=1S/C22H26FN3O3/c23-15-4-5-17-18(12-15)25-20(24-17)14-6-10-26(11-7-14)21(28)16-13-19(27)29-22(16)8-2-1-3-9-22/h4-5,12,14,16H,1-3,6-11,13H2,(H,24,25). The maximum Gasteiger partial charge on any atom is 0.307 e. The summed E-state index contributed by atoms with van der Waals surface area (Å²) in [6, 6.07) is 4.57. The Hall–Kier alpha value is -2.44. The van der Waals surface area contributed by atoms with E-state index in [0.717, 1.165) is 56.3 Å². The Morgan fingerprint density at radius 3 is 2.72 bits per heavy atom. The van der Waals surface area contributed by atoms with Crippen molar-refractivity contribution in [3.8, 4) is 0 Å². The van der Waals surface area contributed by atoms with E-state index in [-0.39, 0.29) is 36.0 Å². The van der Waals surface area contributed by atoms with Crippen LogP contribution in [0.1, 0.15) is 63.1 Å². The lowest BCUT2D eigenvalue weighted by molar-refractivity contribution is -0.156. The van der Waals surface area contributed by atoms with Gasteiger partial charge in [-0.05, 0) is 56.7 Å². The molecule has 0 radical (unpaired) electrons. The Labute approximate surface area is 168 Å². The van der Waals surface area contributed by atoms with Crippen molar-refractivity contribution in [1.29, 1.82) is 0 Å². The number of fused-ring (bicyclic) bond motifs is 1. The number of amides is 1. The fourth-order valence-corrected chi connectivity index (χ4v) is 5.39. The molecule has 3 fully saturated rings. The van der Waals surface area contributed by atoms with Gasteiger partial charge in [-0.15, -0.1) is 0 Å². The first-order valence-corrected chi connectivity index (χ1v) is 10.7. The third kappa shape index (κ3) is 3.30. The fourth-order valence-electron chi connectivity index (χ4n) is 5.39. The number of H-pyrrole nitrogens is 1. The molecule has 2 saturated heterocycles. The van der Waals surface area contributed by atoms with Crippen molar-refractivity contribution >= 4 is 22.9 Å². The molecule has 1 amide bonds. The molecule has 29 heavy (non-hydrogen) atoms. The molecule has 1 aromatic heterocycles. The highest BCUT2D eigenvalue weighted by Gasteiger charge is 2.54. The van der Waals surface area contributed by atoms with Crippen LogP contribution in [0.4, 0.5) is 4.39 Å². The van der Waals surface area contributed by atoms with Crippen LogP contribution in [-0.2, 0) is 14.3 Å². The highest BCUT2D eigenvalue weighted by atomic mass is 19.1. The minimum absolute atomic E-state index is 0.0721. The van der Waals surface area contributed by atoms with Crippen molar-refractivity contribution in [2.24, 2.45) is 5.92 Å². The molecule has 154 valence electrons. The molecule has 7 heteroatoms. The highest BCUT2D eigenvalue weighted by Crippen LogP contribution is 2.45. The number of imidazole rings is 1. The average Bonchev–Trinajstić information content (AvgIpc) is 3.28. The second-order valence-corrected chi connectivity index (χ2v) is 8.74. The van der Waals surface area contributed by atoms with Crippen LogP contribution in [-0.4, -0.2) is 45.4 Å². The van der Waals surface area contributed by atoms with Crippen LogP contribution < -0.4 is 0 Å². The summed E-state index contributed by atoms with van der Waals surface area (Å²) >= 11 is 0. The number of halogens is 1. The normalized spacial score (nSPS) is 24.9. The van der Waals surface area contributed by atoms with Crippen molar-refractivity contribution in [1.82, 2.24) is 14.9 Å². The van der Waals surface area contributed by atoms with Crippen molar-refractivity contribution in [2.75, 3.05) is 13.1 Å². The number of hydrogen-bond donors (Lipinski definition) is 1. The molecule has 1 spiro atoms. The third-order valence-corrected chi connectivity index (χ3v) is 6.98. The molecule has 3 heterocycles. The van der Waals surface area contributed by atoms with Crippen LogP contribution in [0.3, 0.4) is 0 Å². The number of ether oxygens (including phenoxy) is 1. The van der Waals surface area contributed by atoms with Crippen LogP contribution in [0.25, 0.3) is 11.0 Å². The molecule has 6 nitrogen and oxygen atoms in total. The van der Waals surface area contributed by atoms with Gasteiger partial charge in [0.05, 0.1) is 23.4 Å². The van der Waals surface area contributed by atoms with Gasteiger partial charge in [0.1, 0.15) is 17.2 Å². The van der Waals surface area contributed by atoms with E-state index in [0.29, 0.717) is 18.6 Å². The molecule has 3 aliphatic rings. The van der Waals surface area contributed by atoms with Crippen LogP contribution in [0.15, 0.2) is 18.2 Å². The van der Waals surface area contributed by atoms with Crippen LogP contribution in [0.5, 0.6) is 0 Å². The van der Waals surface area contributed by atoms with Crippen molar-refractivity contribution in [2.45, 2.75) is 62.9 Å². The molecule has 1 atom stereocenters. The number of carbonyl (C=O) groups excluding carboxylic acids is 2. The summed E-state index contributed by atoms with van der Waals surface area (Å²) in [4.78, 5) is 35.1. The Morgan fingerprint density at radius 1 is 1.21 bits per heavy atom. The van der Waals surface area contributed by atoms with Gasteiger partial charge in [0.15, 0.2) is 0 Å². The zero-order valence-electron chi connectivity index (χ0n) is 16.5. The number of esters is 1. The molecule has 0 bridgehead atoms. The van der Waals surface area contributed by atoms with Gasteiger partial charge in [0, 0.05) is 19.0 Å². The molecular formula is C22H26FN3O3. The van der Waals surface area contributed by atoms with E-state index < -0.39 is 5.60 Å². The summed E-state index contributed by atoms with van der Waals surface area (Å²) in [5.41, 5.74) is 0.909. The number of piperidine rings is 1. The zero-order chi connectivity index (χ0) is 20.0. The van der Waals surface area contributed by atoms with Crippen LogP contribution in [0, 0.1) is 11.7 Å². The lowest BCUT2D eigenvalue weighted by Crippen LogP contribution is -2.49. The summed E-state index contributed by atoms with van der Waals surface area (Å²) in [7, 11) is 0. The van der Waals surface area contributed by atoms with Gasteiger partial charge in [-0.2, -0.15) is 0 Å². The number of nitrogens with one attached hydrogen (secondary N) is 1. The van der Waals surface area contributed by atoms with Gasteiger partial charge in [-0.3, -0.25) is 9.59 Å². The second-order valence-electron chi connectivity index (χ2n) is 8.74. The largest absolute Gasteiger partial charge is 0.458 e. The van der Waals surface area contributed by atoms with Gasteiger partial charge in [0.25, 0.3) is 0 Å². The number of likely N-dealkylation sites (tertiary alicyclic amines) is 1. The fraction of sp³-hybridized carbons (Fsp3) is 0.591. The lowest BCUT2D eigenvalue weighted by Gasteiger charge is -2.39. The van der Waals surface area contributed by atoms with E-state index >= 15 is 0 Å². The van der Waals surface area contributed by atoms with Crippen molar-refractivity contribution in [3.63, 3.8) is 0 Å². The minimum atomic E-state index is -0.563. The highest BCUT2D eigenvalue weighted by molar-refractivity contribution is 5.88. The number of nitrogens with zero attached hydrogens (tertiary/aromatic N) is 2. The van der Waals surface area contributed by atoms with Gasteiger partial charge >= 0.3 is 5.97 Å². The predicted molar refractivity (Wildman–Crippen MR) is 105 cm³/mol. The van der Waals surface area contributed by atoms with Gasteiger partial charge in [-0.25, -0.2) is 9.37 Å². The topological polar surface area (TPSA) is 75.3 Å². The molecule has 2 aliphatic heterocycles. The molecule has 1 aromatic carbocycles. The van der Waals surface area contributed by atoms with E-state index in [4.69, 9.17) is 4.74 Å². The maximum absolute atomic E-state index is 13.4. The molecule has 5 rings (SSSR count). The monoisotopic (exact) mass is 399 g/mol. The second kappa shape index (κ2) is 7.11. The van der Waals surface area contributed by atoms with E-state index in [1.54, 1.807) is 6.07 Å². The van der Waals surface area contributed by atoms with E-state index in [9.17, 15) is 14.0 Å². The first kappa shape index (κ1) is 18.6. The first-order valence-electron chi connectivity index (χ1n) is 10.7. The summed E-state index contributed by atoms with van der Waals surface area (Å²) in [5, 5.41) is 0. The van der Waals surface area contributed by atoms with Crippen LogP contribution >= 0.6 is 0 Å². The predicted octanol–water partition coefficient (Wildman–Crippen LogP) is 3.67. The molecule has 1 saturated carbocycles. The third-order valence-electron chi connectivity index (χ3n) is 6.98. The maximum atomic E-state index is 13.4. The number of aromatic nitrogens is 2. The number of aromatic amines is 1. The number of hydrogen-bond acceptors (Lipinski definition) is 4. The lowest BCUT2D eigenvalue weighted by atomic mass is 9.75. The van der Waals surface area contributed by atoms with Gasteiger partial charge in [-0.1, -0.05) is 6.42 Å². The molecule has 1 unspecified atom stereocenters. The van der Waals surface area contributed by atoms with E-state index in [1.807, 2.05) is 4.90 Å². The van der Waals surface area contributed by atoms with E-state index in [2.05, 4.69) is 9.97 Å². The molecule has 1 aliphatic carbocycles. The minimum Gasteiger partial charge on any atom is -0.458 e. The molecule has 2 aromatic rings. The summed E-state index contributed by atoms with van der Waals surface area (Å²) in [6.45, 7) is 1.30. The quantitative estimate of drug-likeness (QED) is 0.782. The summed E-state index contributed by atoms with van der Waals surface area (Å²) < 4.78 is 19.1. The Kier molecular flexibility index (Phi) is 4.56. The Morgan fingerprint density at radius 2 is 1.97 bits per heavy atom. The average molecular weight is 399 g/mol. The smallest absolute Gasteiger partial charge is 0.307 e. The summed E-state index contributed by atoms with van der Waals surface area (Å²) in [5.74, 6) is 0.317. The van der Waals surface area contributed by atoms with Crippen molar-refractivity contribution in [3.05, 3.63) is 29.8 Å². The zero-order valence-corrected chi connectivity index (χ0v) is 16.5. The van der Waals surface area contributed by atoms with Crippen LogP contribution in [0.2, 0.25) is 0 Å². The van der Waals surface area contributed by atoms with Crippen molar-refractivity contribution < 1.29 is 18.7 Å². The molecular weight excluding hydrogens is 373 g/mol. The van der Waals surface area contributed by atoms with Gasteiger partial charge < -0.3 is 14.6 Å². The van der Waals surface area contributed by atoms with E-state index in [1.165, 1.54) is 12.1 Å². The first-order chi connectivity index (χ1) is 14.0.